The standard InChI is InChI=1S/C9H7ClO4/c1-4(11)6-2-5(10)3-7(8(6)12)9(13)14/h2-3,12H,1H3,(H,13,14). The Morgan fingerprint density at radius 1 is 1.29 bits per heavy atom. The van der Waals surface area contributed by atoms with Gasteiger partial charge in [0.1, 0.15) is 11.3 Å². The molecule has 74 valence electrons. The van der Waals surface area contributed by atoms with E-state index < -0.39 is 17.5 Å². The van der Waals surface area contributed by atoms with E-state index in [4.69, 9.17) is 16.7 Å². The van der Waals surface area contributed by atoms with Gasteiger partial charge < -0.3 is 10.2 Å². The number of carbonyl (C=O) groups excluding carboxylic acids is 1. The van der Waals surface area contributed by atoms with Crippen molar-refractivity contribution in [3.63, 3.8) is 0 Å². The molecule has 0 aliphatic rings. The first-order valence-corrected chi connectivity index (χ1v) is 4.08. The molecule has 1 aromatic rings. The average Bonchev–Trinajstić information content (AvgIpc) is 2.07. The zero-order valence-electron chi connectivity index (χ0n) is 7.24. The van der Waals surface area contributed by atoms with Crippen LogP contribution < -0.4 is 0 Å². The van der Waals surface area contributed by atoms with Gasteiger partial charge in [0.2, 0.25) is 0 Å². The maximum Gasteiger partial charge on any atom is 0.339 e. The minimum absolute atomic E-state index is 0.0881. The Bertz CT molecular complexity index is 376. The average molecular weight is 215 g/mol. The molecule has 0 bridgehead atoms. The van der Waals surface area contributed by atoms with Gasteiger partial charge in [-0.05, 0) is 19.1 Å². The largest absolute Gasteiger partial charge is 0.506 e. The number of phenols is 1. The number of carbonyl (C=O) groups is 2. The van der Waals surface area contributed by atoms with Crippen LogP contribution >= 0.6 is 11.6 Å². The lowest BCUT2D eigenvalue weighted by Gasteiger charge is -2.04. The van der Waals surface area contributed by atoms with Crippen molar-refractivity contribution in [1.82, 2.24) is 0 Å². The van der Waals surface area contributed by atoms with Gasteiger partial charge in [0.25, 0.3) is 0 Å². The number of benzene rings is 1. The fourth-order valence-electron chi connectivity index (χ4n) is 1.03. The van der Waals surface area contributed by atoms with E-state index in [-0.39, 0.29) is 16.1 Å². The van der Waals surface area contributed by atoms with Crippen molar-refractivity contribution in [2.75, 3.05) is 0 Å². The molecule has 14 heavy (non-hydrogen) atoms. The maximum absolute atomic E-state index is 11.0. The molecule has 5 heteroatoms. The fourth-order valence-corrected chi connectivity index (χ4v) is 1.25. The lowest BCUT2D eigenvalue weighted by atomic mass is 10.1. The number of hydrogen-bond donors (Lipinski definition) is 2. The van der Waals surface area contributed by atoms with Gasteiger partial charge in [0.15, 0.2) is 5.78 Å². The molecule has 0 aliphatic heterocycles. The highest BCUT2D eigenvalue weighted by Crippen LogP contribution is 2.27. The first kappa shape index (κ1) is 10.5. The van der Waals surface area contributed by atoms with Gasteiger partial charge in [-0.1, -0.05) is 11.6 Å². The number of carboxylic acids is 1. The van der Waals surface area contributed by atoms with Crippen LogP contribution in [0.4, 0.5) is 0 Å². The monoisotopic (exact) mass is 214 g/mol. The summed E-state index contributed by atoms with van der Waals surface area (Å²) < 4.78 is 0. The summed E-state index contributed by atoms with van der Waals surface area (Å²) in [6.07, 6.45) is 0. The van der Waals surface area contributed by atoms with Crippen molar-refractivity contribution in [1.29, 1.82) is 0 Å². The quantitative estimate of drug-likeness (QED) is 0.738. The number of Topliss-reactive ketones (excluding diaryl/α,β-unsaturated/α-hetero) is 1. The van der Waals surface area contributed by atoms with Gasteiger partial charge in [0, 0.05) is 5.02 Å². The van der Waals surface area contributed by atoms with Crippen molar-refractivity contribution in [2.24, 2.45) is 0 Å². The molecule has 0 fully saturated rings. The van der Waals surface area contributed by atoms with E-state index in [1.807, 2.05) is 0 Å². The van der Waals surface area contributed by atoms with Crippen LogP contribution in [-0.4, -0.2) is 22.0 Å². The Labute approximate surface area is 84.7 Å². The molecule has 0 heterocycles. The second-order valence-corrected chi connectivity index (χ2v) is 3.15. The molecule has 1 rings (SSSR count). The van der Waals surface area contributed by atoms with Crippen LogP contribution in [0.25, 0.3) is 0 Å². The highest BCUT2D eigenvalue weighted by Gasteiger charge is 2.17. The molecular formula is C9H7ClO4. The number of carboxylic acid groups (broad SMARTS) is 1. The minimum Gasteiger partial charge on any atom is -0.506 e. The summed E-state index contributed by atoms with van der Waals surface area (Å²) in [6, 6.07) is 2.32. The van der Waals surface area contributed by atoms with Crippen molar-refractivity contribution >= 4 is 23.4 Å². The second kappa shape index (κ2) is 3.67. The lowest BCUT2D eigenvalue weighted by Crippen LogP contribution is -2.02. The summed E-state index contributed by atoms with van der Waals surface area (Å²) in [6.45, 7) is 1.22. The fraction of sp³-hybridized carbons (Fsp3) is 0.111. The van der Waals surface area contributed by atoms with E-state index >= 15 is 0 Å². The third kappa shape index (κ3) is 1.85. The topological polar surface area (TPSA) is 74.6 Å². The van der Waals surface area contributed by atoms with Crippen LogP contribution in [0.3, 0.4) is 0 Å². The summed E-state index contributed by atoms with van der Waals surface area (Å²) >= 11 is 5.58. The van der Waals surface area contributed by atoms with Gasteiger partial charge in [-0.3, -0.25) is 4.79 Å². The van der Waals surface area contributed by atoms with Crippen molar-refractivity contribution in [3.05, 3.63) is 28.3 Å². The van der Waals surface area contributed by atoms with E-state index in [2.05, 4.69) is 0 Å². The zero-order chi connectivity index (χ0) is 10.9. The van der Waals surface area contributed by atoms with Gasteiger partial charge in [-0.25, -0.2) is 4.79 Å². The molecule has 0 saturated carbocycles. The van der Waals surface area contributed by atoms with Crippen LogP contribution in [-0.2, 0) is 0 Å². The number of rotatable bonds is 2. The summed E-state index contributed by atoms with van der Waals surface area (Å²) in [7, 11) is 0. The van der Waals surface area contributed by atoms with E-state index in [0.29, 0.717) is 0 Å². The Morgan fingerprint density at radius 3 is 2.21 bits per heavy atom. The van der Waals surface area contributed by atoms with Gasteiger partial charge in [-0.2, -0.15) is 0 Å². The maximum atomic E-state index is 11.0. The highest BCUT2D eigenvalue weighted by atomic mass is 35.5. The van der Waals surface area contributed by atoms with Crippen LogP contribution in [0.2, 0.25) is 5.02 Å². The number of hydrogen-bond acceptors (Lipinski definition) is 3. The van der Waals surface area contributed by atoms with Gasteiger partial charge in [-0.15, -0.1) is 0 Å². The number of aromatic carboxylic acids is 1. The molecule has 0 saturated heterocycles. The van der Waals surface area contributed by atoms with Crippen LogP contribution in [0.15, 0.2) is 12.1 Å². The second-order valence-electron chi connectivity index (χ2n) is 2.71. The molecular weight excluding hydrogens is 208 g/mol. The normalized spacial score (nSPS) is 9.86. The van der Waals surface area contributed by atoms with E-state index in [1.54, 1.807) is 0 Å². The number of aromatic hydroxyl groups is 1. The predicted molar refractivity (Wildman–Crippen MR) is 50.1 cm³/mol. The van der Waals surface area contributed by atoms with E-state index in [9.17, 15) is 14.7 Å². The molecule has 0 aliphatic carbocycles. The molecule has 0 unspecified atom stereocenters. The number of ketones is 1. The molecule has 0 radical (unpaired) electrons. The Hall–Kier alpha value is -1.55. The molecule has 1 aromatic carbocycles. The van der Waals surface area contributed by atoms with Crippen molar-refractivity contribution in [2.45, 2.75) is 6.92 Å². The minimum atomic E-state index is -1.33. The highest BCUT2D eigenvalue weighted by molar-refractivity contribution is 6.31. The van der Waals surface area contributed by atoms with Crippen LogP contribution in [0.1, 0.15) is 27.6 Å². The third-order valence-electron chi connectivity index (χ3n) is 1.68. The number of halogens is 1. The zero-order valence-corrected chi connectivity index (χ0v) is 8.00. The van der Waals surface area contributed by atoms with Crippen LogP contribution in [0.5, 0.6) is 5.75 Å². The molecule has 4 nitrogen and oxygen atoms in total. The van der Waals surface area contributed by atoms with E-state index in [1.165, 1.54) is 13.0 Å². The molecule has 0 aromatic heterocycles. The van der Waals surface area contributed by atoms with Gasteiger partial charge in [0.05, 0.1) is 5.56 Å². The third-order valence-corrected chi connectivity index (χ3v) is 1.90. The smallest absolute Gasteiger partial charge is 0.339 e. The Balaban J connectivity index is 3.47. The van der Waals surface area contributed by atoms with Crippen molar-refractivity contribution in [3.8, 4) is 5.75 Å². The Morgan fingerprint density at radius 2 is 1.79 bits per heavy atom. The summed E-state index contributed by atoms with van der Waals surface area (Å²) in [4.78, 5) is 21.6. The molecule has 0 atom stereocenters. The van der Waals surface area contributed by atoms with Gasteiger partial charge >= 0.3 is 5.97 Å². The van der Waals surface area contributed by atoms with Crippen LogP contribution in [0, 0.1) is 0 Å². The predicted octanol–water partition coefficient (Wildman–Crippen LogP) is 1.95. The van der Waals surface area contributed by atoms with Crippen molar-refractivity contribution < 1.29 is 19.8 Å². The summed E-state index contributed by atoms with van der Waals surface area (Å²) in [5.41, 5.74) is -0.461. The first-order valence-electron chi connectivity index (χ1n) is 3.70. The van der Waals surface area contributed by atoms with E-state index in [0.717, 1.165) is 6.07 Å². The first-order chi connectivity index (χ1) is 6.43. The lowest BCUT2D eigenvalue weighted by molar-refractivity contribution is 0.0693. The molecule has 0 amide bonds. The SMILES string of the molecule is CC(=O)c1cc(Cl)cc(C(=O)O)c1O. The molecule has 0 spiro atoms. The molecule has 2 N–H and O–H groups in total. The summed E-state index contributed by atoms with van der Waals surface area (Å²) in [5.74, 6) is -2.31. The summed E-state index contributed by atoms with van der Waals surface area (Å²) in [5, 5.41) is 18.2. The Kier molecular flexibility index (Phi) is 2.76.